The second kappa shape index (κ2) is 10.7. The molecule has 0 aliphatic heterocycles. The summed E-state index contributed by atoms with van der Waals surface area (Å²) in [6.07, 6.45) is 3.54. The minimum Gasteiger partial charge on any atom is -0.343 e. The molecule has 0 spiro atoms. The summed E-state index contributed by atoms with van der Waals surface area (Å²) in [4.78, 5) is 26.1. The molecule has 177 valence electrons. The molecule has 2 heterocycles. The number of hydrogen-bond acceptors (Lipinski definition) is 6. The molecular weight excluding hydrogens is 469 g/mol. The van der Waals surface area contributed by atoms with Crippen molar-refractivity contribution in [3.05, 3.63) is 47.9 Å². The van der Waals surface area contributed by atoms with E-state index in [1.54, 1.807) is 38.1 Å². The van der Waals surface area contributed by atoms with E-state index in [1.165, 1.54) is 11.9 Å². The minimum atomic E-state index is -4.31. The van der Waals surface area contributed by atoms with Gasteiger partial charge in [0.25, 0.3) is 15.9 Å². The Morgan fingerprint density at radius 2 is 1.76 bits per heavy atom. The molecule has 2 N–H and O–H groups in total. The number of sulfonamides is 1. The Hall–Kier alpha value is -2.67. The Morgan fingerprint density at radius 3 is 2.32 bits per heavy atom. The van der Waals surface area contributed by atoms with Crippen molar-refractivity contribution in [1.29, 1.82) is 0 Å². The Bertz CT molecular complexity index is 1310. The molecule has 0 bridgehead atoms. The summed E-state index contributed by atoms with van der Waals surface area (Å²) in [6, 6.07) is 5.76. The number of nitrogens with one attached hydrogen (secondary N) is 2. The molecule has 3 rings (SSSR count). The van der Waals surface area contributed by atoms with Gasteiger partial charge in [-0.3, -0.25) is 14.2 Å². The molecule has 1 aromatic carbocycles. The van der Waals surface area contributed by atoms with Gasteiger partial charge in [-0.1, -0.05) is 26.0 Å². The maximum atomic E-state index is 12.7. The van der Waals surface area contributed by atoms with E-state index in [0.717, 1.165) is 27.4 Å². The van der Waals surface area contributed by atoms with Crippen molar-refractivity contribution in [2.75, 3.05) is 19.4 Å². The molecule has 0 aliphatic rings. The van der Waals surface area contributed by atoms with Gasteiger partial charge in [0.1, 0.15) is 5.69 Å². The van der Waals surface area contributed by atoms with Gasteiger partial charge < -0.3 is 10.2 Å². The van der Waals surface area contributed by atoms with Crippen LogP contribution in [0.5, 0.6) is 0 Å². The molecule has 2 aromatic heterocycles. The van der Waals surface area contributed by atoms with Crippen LogP contribution in [0, 0.1) is 0 Å². The third-order valence-electron chi connectivity index (χ3n) is 4.95. The monoisotopic (exact) mass is 496 g/mol. The van der Waals surface area contributed by atoms with Gasteiger partial charge in [0.05, 0.1) is 6.20 Å². The van der Waals surface area contributed by atoms with Crippen molar-refractivity contribution in [3.63, 3.8) is 0 Å². The van der Waals surface area contributed by atoms with Gasteiger partial charge in [-0.25, -0.2) is 9.52 Å². The first-order valence-electron chi connectivity index (χ1n) is 10.1. The third-order valence-corrected chi connectivity index (χ3v) is 6.15. The van der Waals surface area contributed by atoms with Crippen molar-refractivity contribution in [2.24, 2.45) is 14.1 Å². The summed E-state index contributed by atoms with van der Waals surface area (Å²) in [6.45, 7) is 3.94. The number of nitrogens with zero attached hydrogens (tertiary/aromatic N) is 5. The van der Waals surface area contributed by atoms with Crippen LogP contribution in [-0.2, 0) is 24.1 Å². The second-order valence-electron chi connectivity index (χ2n) is 8.11. The number of anilines is 1. The third kappa shape index (κ3) is 6.06. The van der Waals surface area contributed by atoms with Gasteiger partial charge in [-0.15, -0.1) is 0 Å². The summed E-state index contributed by atoms with van der Waals surface area (Å²) >= 11 is 0. The zero-order valence-corrected chi connectivity index (χ0v) is 23.1. The first kappa shape index (κ1) is 27.6. The van der Waals surface area contributed by atoms with Crippen LogP contribution in [0.15, 0.2) is 41.7 Å². The summed E-state index contributed by atoms with van der Waals surface area (Å²) in [5, 5.41) is 10.2. The van der Waals surface area contributed by atoms with Crippen LogP contribution in [0.4, 0.5) is 10.5 Å². The average molecular weight is 497 g/mol. The molecule has 1 radical (unpaired) electrons. The fourth-order valence-corrected chi connectivity index (χ4v) is 4.14. The summed E-state index contributed by atoms with van der Waals surface area (Å²) in [5.41, 5.74) is 3.07. The largest absolute Gasteiger partial charge is 0.343 e. The van der Waals surface area contributed by atoms with Crippen LogP contribution in [0.2, 0.25) is 0 Å². The number of urea groups is 1. The number of aromatic nitrogens is 4. The van der Waals surface area contributed by atoms with Crippen LogP contribution in [-0.4, -0.2) is 88.5 Å². The van der Waals surface area contributed by atoms with Gasteiger partial charge in [0.2, 0.25) is 0 Å². The Labute approximate surface area is 220 Å². The van der Waals surface area contributed by atoms with Gasteiger partial charge >= 0.3 is 6.03 Å². The van der Waals surface area contributed by atoms with Crippen molar-refractivity contribution in [1.82, 2.24) is 29.2 Å². The number of carbonyl (C=O) groups excluding carboxylic acids is 2. The van der Waals surface area contributed by atoms with Crippen molar-refractivity contribution < 1.29 is 18.0 Å². The smallest absolute Gasteiger partial charge is 0.333 e. The zero-order valence-electron chi connectivity index (χ0n) is 20.3. The summed E-state index contributed by atoms with van der Waals surface area (Å²) in [5.74, 6) is -0.333. The number of hydrogen-bond donors (Lipinski definition) is 2. The molecule has 11 nitrogen and oxygen atoms in total. The molecule has 0 unspecified atom stereocenters. The van der Waals surface area contributed by atoms with E-state index < -0.39 is 27.0 Å². The molecule has 3 aromatic rings. The predicted octanol–water partition coefficient (Wildman–Crippen LogP) is 1.78. The van der Waals surface area contributed by atoms with E-state index in [9.17, 15) is 18.0 Å². The first-order valence-corrected chi connectivity index (χ1v) is 11.6. The molecule has 0 saturated heterocycles. The van der Waals surface area contributed by atoms with E-state index in [-0.39, 0.29) is 41.2 Å². The predicted molar refractivity (Wildman–Crippen MR) is 129 cm³/mol. The second-order valence-corrected chi connectivity index (χ2v) is 9.74. The molecule has 0 saturated carbocycles. The van der Waals surface area contributed by atoms with Crippen molar-refractivity contribution in [2.45, 2.75) is 24.8 Å². The number of amides is 3. The normalized spacial score (nSPS) is 11.1. The number of aryl methyl sites for hydroxylation is 2. The van der Waals surface area contributed by atoms with Crippen LogP contribution in [0.25, 0.3) is 11.1 Å². The Kier molecular flexibility index (Phi) is 8.70. The molecular formula is C21H27N7NaO4S. The van der Waals surface area contributed by atoms with E-state index in [0.29, 0.717) is 5.69 Å². The minimum absolute atomic E-state index is 0. The maximum Gasteiger partial charge on any atom is 0.333 e. The molecule has 34 heavy (non-hydrogen) atoms. The zero-order chi connectivity index (χ0) is 24.5. The Balaban J connectivity index is 0.00000408. The fourth-order valence-electron chi connectivity index (χ4n) is 3.24. The summed E-state index contributed by atoms with van der Waals surface area (Å²) < 4.78 is 30.2. The van der Waals surface area contributed by atoms with Crippen LogP contribution < -0.4 is 10.0 Å². The first-order chi connectivity index (χ1) is 15.4. The van der Waals surface area contributed by atoms with E-state index in [4.69, 9.17) is 0 Å². The van der Waals surface area contributed by atoms with Gasteiger partial charge in [0.15, 0.2) is 5.03 Å². The van der Waals surface area contributed by atoms with Crippen LogP contribution in [0.3, 0.4) is 0 Å². The quantitative estimate of drug-likeness (QED) is 0.500. The molecule has 3 amide bonds. The molecule has 0 fully saturated rings. The van der Waals surface area contributed by atoms with E-state index in [2.05, 4.69) is 15.5 Å². The number of carbonyl (C=O) groups is 2. The molecule has 13 heteroatoms. The average Bonchev–Trinajstić information content (AvgIpc) is 3.32. The van der Waals surface area contributed by atoms with Crippen LogP contribution >= 0.6 is 0 Å². The van der Waals surface area contributed by atoms with E-state index in [1.807, 2.05) is 36.9 Å². The van der Waals surface area contributed by atoms with Gasteiger partial charge in [-0.2, -0.15) is 18.6 Å². The Morgan fingerprint density at radius 1 is 1.09 bits per heavy atom. The van der Waals surface area contributed by atoms with Gasteiger partial charge in [-0.05, 0) is 23.1 Å². The van der Waals surface area contributed by atoms with Crippen molar-refractivity contribution in [3.8, 4) is 11.1 Å². The standard InChI is InChI=1S/C21H27N7O4S.Na/c1-13(2)16-8-7-14(15-11-22-27(5)12-15)9-17(16)23-21(30)25-33(31,32)19-10-18(28(6)24-19)20(29)26(3)4;/h7-13H,1-6H3,(H2,23,25,30);. The van der Waals surface area contributed by atoms with Crippen LogP contribution in [0.1, 0.15) is 35.8 Å². The number of benzene rings is 1. The van der Waals surface area contributed by atoms with Crippen molar-refractivity contribution >= 4 is 57.2 Å². The van der Waals surface area contributed by atoms with Gasteiger partial charge in [0, 0.05) is 81.3 Å². The summed E-state index contributed by atoms with van der Waals surface area (Å²) in [7, 11) is 2.03. The van der Waals surface area contributed by atoms with E-state index >= 15 is 0 Å². The maximum absolute atomic E-state index is 12.7. The topological polar surface area (TPSA) is 131 Å². The fraction of sp³-hybridized carbons (Fsp3) is 0.333. The SMILES string of the molecule is CC(C)c1ccc(-c2cnn(C)c2)cc1NC(=O)NS(=O)(=O)c1cc(C(=O)N(C)C)n(C)n1.[Na]. The molecule has 0 aliphatic carbocycles. The molecule has 0 atom stereocenters. The number of rotatable bonds is 6.